The van der Waals surface area contributed by atoms with Crippen LogP contribution in [0, 0.1) is 5.82 Å². The van der Waals surface area contributed by atoms with E-state index in [0.29, 0.717) is 17.3 Å². The Morgan fingerprint density at radius 1 is 1.06 bits per heavy atom. The van der Waals surface area contributed by atoms with Gasteiger partial charge in [-0.3, -0.25) is 9.10 Å². The van der Waals surface area contributed by atoms with Crippen LogP contribution in [-0.2, 0) is 10.0 Å². The van der Waals surface area contributed by atoms with Crippen LogP contribution in [0.15, 0.2) is 90.3 Å². The van der Waals surface area contributed by atoms with Gasteiger partial charge in [0.15, 0.2) is 0 Å². The highest BCUT2D eigenvalue weighted by Crippen LogP contribution is 2.25. The Bertz CT molecular complexity index is 1210. The standard InChI is InChI=1S/C25H25FN2O3S/c1-4-16-28(21-8-6-5-7-9-21)32(30,31)22-14-15-24(26)23(17-22)25(29)27-20-12-10-19(11-13-20)18(2)3/h4-15,17-18H,1,16H2,2-3H3,(H,27,29). The number of para-hydroxylation sites is 1. The Hall–Kier alpha value is -3.45. The SMILES string of the molecule is C=CCN(c1ccccc1)S(=O)(=O)c1ccc(F)c(C(=O)Nc2ccc(C(C)C)cc2)c1. The first-order chi connectivity index (χ1) is 15.2. The van der Waals surface area contributed by atoms with Crippen LogP contribution in [0.3, 0.4) is 0 Å². The van der Waals surface area contributed by atoms with E-state index in [9.17, 15) is 17.6 Å². The van der Waals surface area contributed by atoms with E-state index in [-0.39, 0.29) is 17.0 Å². The largest absolute Gasteiger partial charge is 0.322 e. The third-order valence-electron chi connectivity index (χ3n) is 4.94. The molecule has 0 unspecified atom stereocenters. The topological polar surface area (TPSA) is 66.5 Å². The van der Waals surface area contributed by atoms with Gasteiger partial charge in [-0.1, -0.05) is 50.3 Å². The van der Waals surface area contributed by atoms with Gasteiger partial charge in [-0.2, -0.15) is 0 Å². The molecule has 0 aliphatic carbocycles. The van der Waals surface area contributed by atoms with E-state index in [2.05, 4.69) is 25.7 Å². The number of sulfonamides is 1. The number of hydrogen-bond donors (Lipinski definition) is 1. The van der Waals surface area contributed by atoms with E-state index in [1.54, 1.807) is 42.5 Å². The van der Waals surface area contributed by atoms with Crippen molar-refractivity contribution in [1.29, 1.82) is 0 Å². The minimum Gasteiger partial charge on any atom is -0.322 e. The summed E-state index contributed by atoms with van der Waals surface area (Å²) in [7, 11) is -4.06. The molecule has 1 N–H and O–H groups in total. The van der Waals surface area contributed by atoms with Crippen LogP contribution in [0.1, 0.15) is 35.7 Å². The Balaban J connectivity index is 1.93. The van der Waals surface area contributed by atoms with Crippen molar-refractivity contribution in [2.75, 3.05) is 16.2 Å². The normalized spacial score (nSPS) is 11.2. The summed E-state index contributed by atoms with van der Waals surface area (Å²) in [6.45, 7) is 7.76. The van der Waals surface area contributed by atoms with Crippen molar-refractivity contribution >= 4 is 27.3 Å². The van der Waals surface area contributed by atoms with Gasteiger partial charge < -0.3 is 5.32 Å². The van der Waals surface area contributed by atoms with Crippen molar-refractivity contribution in [3.8, 4) is 0 Å². The lowest BCUT2D eigenvalue weighted by molar-refractivity contribution is 0.102. The molecular formula is C25H25FN2O3S. The molecule has 0 heterocycles. The van der Waals surface area contributed by atoms with Gasteiger partial charge in [0.05, 0.1) is 22.7 Å². The molecule has 0 fully saturated rings. The van der Waals surface area contributed by atoms with Crippen LogP contribution in [0.5, 0.6) is 0 Å². The predicted molar refractivity (Wildman–Crippen MR) is 126 cm³/mol. The molecule has 0 bridgehead atoms. The molecule has 3 aromatic carbocycles. The Morgan fingerprint density at radius 3 is 2.31 bits per heavy atom. The van der Waals surface area contributed by atoms with E-state index in [1.165, 1.54) is 6.08 Å². The number of anilines is 2. The monoisotopic (exact) mass is 452 g/mol. The molecule has 0 radical (unpaired) electrons. The van der Waals surface area contributed by atoms with Crippen molar-refractivity contribution in [1.82, 2.24) is 0 Å². The second-order valence-corrected chi connectivity index (χ2v) is 9.40. The summed E-state index contributed by atoms with van der Waals surface area (Å²) in [6.07, 6.45) is 1.46. The number of benzene rings is 3. The number of carbonyl (C=O) groups is 1. The number of amides is 1. The van der Waals surface area contributed by atoms with Gasteiger partial charge in [0.2, 0.25) is 0 Å². The molecule has 0 saturated carbocycles. The Kier molecular flexibility index (Phi) is 7.10. The molecule has 0 spiro atoms. The number of carbonyl (C=O) groups excluding carboxylic acids is 1. The second-order valence-electron chi connectivity index (χ2n) is 7.53. The maximum Gasteiger partial charge on any atom is 0.264 e. The van der Waals surface area contributed by atoms with Crippen LogP contribution in [0.2, 0.25) is 0 Å². The summed E-state index contributed by atoms with van der Waals surface area (Å²) in [4.78, 5) is 12.5. The number of hydrogen-bond acceptors (Lipinski definition) is 3. The van der Waals surface area contributed by atoms with Crippen molar-refractivity contribution in [3.05, 3.63) is 102 Å². The first-order valence-electron chi connectivity index (χ1n) is 10.1. The maximum atomic E-state index is 14.5. The fourth-order valence-corrected chi connectivity index (χ4v) is 4.63. The number of nitrogens with one attached hydrogen (secondary N) is 1. The summed E-state index contributed by atoms with van der Waals surface area (Å²) < 4.78 is 42.2. The van der Waals surface area contributed by atoms with Crippen LogP contribution in [0.4, 0.5) is 15.8 Å². The second kappa shape index (κ2) is 9.78. The molecule has 0 atom stereocenters. The molecule has 166 valence electrons. The van der Waals surface area contributed by atoms with E-state index < -0.39 is 21.7 Å². The van der Waals surface area contributed by atoms with Crippen molar-refractivity contribution in [3.63, 3.8) is 0 Å². The summed E-state index contributed by atoms with van der Waals surface area (Å²) in [5.41, 5.74) is 1.67. The Labute approximate surface area is 188 Å². The van der Waals surface area contributed by atoms with Gasteiger partial charge in [-0.05, 0) is 53.9 Å². The number of rotatable bonds is 8. The highest BCUT2D eigenvalue weighted by molar-refractivity contribution is 7.92. The van der Waals surface area contributed by atoms with Crippen molar-refractivity contribution in [2.45, 2.75) is 24.7 Å². The molecule has 3 rings (SSSR count). The predicted octanol–water partition coefficient (Wildman–Crippen LogP) is 5.58. The molecule has 0 saturated heterocycles. The lowest BCUT2D eigenvalue weighted by atomic mass is 10.0. The van der Waals surface area contributed by atoms with E-state index in [1.807, 2.05) is 12.1 Å². The first-order valence-corrected chi connectivity index (χ1v) is 11.6. The zero-order valence-electron chi connectivity index (χ0n) is 18.0. The fraction of sp³-hybridized carbons (Fsp3) is 0.160. The molecular weight excluding hydrogens is 427 g/mol. The fourth-order valence-electron chi connectivity index (χ4n) is 3.17. The molecule has 32 heavy (non-hydrogen) atoms. The average Bonchev–Trinajstić information content (AvgIpc) is 2.78. The smallest absolute Gasteiger partial charge is 0.264 e. The third-order valence-corrected chi connectivity index (χ3v) is 6.73. The lowest BCUT2D eigenvalue weighted by Gasteiger charge is -2.23. The minimum atomic E-state index is -4.06. The van der Waals surface area contributed by atoms with E-state index in [0.717, 1.165) is 28.1 Å². The van der Waals surface area contributed by atoms with Gasteiger partial charge in [-0.15, -0.1) is 6.58 Å². The van der Waals surface area contributed by atoms with Gasteiger partial charge in [0, 0.05) is 5.69 Å². The maximum absolute atomic E-state index is 14.5. The molecule has 0 aliphatic heterocycles. The average molecular weight is 453 g/mol. The van der Waals surface area contributed by atoms with Crippen LogP contribution >= 0.6 is 0 Å². The highest BCUT2D eigenvalue weighted by Gasteiger charge is 2.26. The summed E-state index contributed by atoms with van der Waals surface area (Å²) in [6, 6.07) is 18.9. The van der Waals surface area contributed by atoms with E-state index >= 15 is 0 Å². The Morgan fingerprint density at radius 2 is 1.72 bits per heavy atom. The van der Waals surface area contributed by atoms with Crippen molar-refractivity contribution < 1.29 is 17.6 Å². The number of halogens is 1. The minimum absolute atomic E-state index is 0.0213. The third kappa shape index (κ3) is 5.06. The molecule has 0 aliphatic rings. The first kappa shape index (κ1) is 23.2. The quantitative estimate of drug-likeness (QED) is 0.454. The summed E-state index contributed by atoms with van der Waals surface area (Å²) >= 11 is 0. The lowest BCUT2D eigenvalue weighted by Crippen LogP contribution is -2.31. The number of nitrogens with zero attached hydrogens (tertiary/aromatic N) is 1. The zero-order chi connectivity index (χ0) is 23.3. The molecule has 1 amide bonds. The molecule has 0 aromatic heterocycles. The van der Waals surface area contributed by atoms with Crippen LogP contribution in [-0.4, -0.2) is 20.9 Å². The van der Waals surface area contributed by atoms with Crippen molar-refractivity contribution in [2.24, 2.45) is 0 Å². The van der Waals surface area contributed by atoms with Gasteiger partial charge >= 0.3 is 0 Å². The van der Waals surface area contributed by atoms with Crippen LogP contribution < -0.4 is 9.62 Å². The zero-order valence-corrected chi connectivity index (χ0v) is 18.8. The molecule has 7 heteroatoms. The van der Waals surface area contributed by atoms with Gasteiger partial charge in [0.1, 0.15) is 5.82 Å². The molecule has 3 aromatic rings. The van der Waals surface area contributed by atoms with Gasteiger partial charge in [0.25, 0.3) is 15.9 Å². The van der Waals surface area contributed by atoms with Gasteiger partial charge in [-0.25, -0.2) is 12.8 Å². The highest BCUT2D eigenvalue weighted by atomic mass is 32.2. The summed E-state index contributed by atoms with van der Waals surface area (Å²) in [5.74, 6) is -1.20. The van der Waals surface area contributed by atoms with Crippen LogP contribution in [0.25, 0.3) is 0 Å². The summed E-state index contributed by atoms with van der Waals surface area (Å²) in [5, 5.41) is 2.63. The van der Waals surface area contributed by atoms with E-state index in [4.69, 9.17) is 0 Å². The molecule has 5 nitrogen and oxygen atoms in total.